The zero-order valence-corrected chi connectivity index (χ0v) is 19.0. The molecule has 1 saturated carbocycles. The molecule has 33 heavy (non-hydrogen) atoms. The topological polar surface area (TPSA) is 68.7 Å². The summed E-state index contributed by atoms with van der Waals surface area (Å²) in [5, 5.41) is 9.61. The van der Waals surface area contributed by atoms with Gasteiger partial charge >= 0.3 is 5.97 Å². The average Bonchev–Trinajstić information content (AvgIpc) is 3.69. The highest BCUT2D eigenvalue weighted by Gasteiger charge is 2.39. The highest BCUT2D eigenvalue weighted by atomic mass is 16.5. The van der Waals surface area contributed by atoms with Crippen LogP contribution in [0.15, 0.2) is 60.8 Å². The maximum Gasteiger partial charge on any atom is 0.306 e. The van der Waals surface area contributed by atoms with Gasteiger partial charge in [-0.15, -0.1) is 0 Å². The van der Waals surface area contributed by atoms with Gasteiger partial charge in [0, 0.05) is 12.3 Å². The molecular formula is C28H29NO4. The Labute approximate surface area is 194 Å². The molecule has 0 bridgehead atoms. The van der Waals surface area contributed by atoms with Crippen LogP contribution in [0.3, 0.4) is 0 Å². The Morgan fingerprint density at radius 2 is 1.85 bits per heavy atom. The molecular weight excluding hydrogens is 414 g/mol. The van der Waals surface area contributed by atoms with Crippen LogP contribution in [0.4, 0.5) is 0 Å². The Morgan fingerprint density at radius 1 is 1.06 bits per heavy atom. The Bertz CT molecular complexity index is 1150. The lowest BCUT2D eigenvalue weighted by molar-refractivity contribution is -0.142. The van der Waals surface area contributed by atoms with Gasteiger partial charge in [-0.3, -0.25) is 4.79 Å². The first-order valence-electron chi connectivity index (χ1n) is 11.7. The van der Waals surface area contributed by atoms with E-state index in [4.69, 9.17) is 9.47 Å². The van der Waals surface area contributed by atoms with Crippen LogP contribution >= 0.6 is 0 Å². The molecule has 0 radical (unpaired) electrons. The van der Waals surface area contributed by atoms with Gasteiger partial charge in [0.25, 0.3) is 0 Å². The molecule has 0 spiro atoms. The summed E-state index contributed by atoms with van der Waals surface area (Å²) in [5.74, 6) is 0.891. The third-order valence-corrected chi connectivity index (χ3v) is 7.04. The van der Waals surface area contributed by atoms with Crippen LogP contribution in [-0.2, 0) is 11.2 Å². The third-order valence-electron chi connectivity index (χ3n) is 7.04. The van der Waals surface area contributed by atoms with Crippen LogP contribution in [0.25, 0.3) is 11.1 Å². The van der Waals surface area contributed by atoms with Crippen molar-refractivity contribution in [1.29, 1.82) is 0 Å². The molecule has 1 N–H and O–H groups in total. The Balaban J connectivity index is 1.36. The number of ether oxygens (including phenoxy) is 2. The lowest BCUT2D eigenvalue weighted by Gasteiger charge is -2.29. The number of aromatic nitrogens is 1. The molecule has 5 heteroatoms. The molecule has 5 rings (SSSR count). The second-order valence-corrected chi connectivity index (χ2v) is 9.21. The highest BCUT2D eigenvalue weighted by Crippen LogP contribution is 2.48. The van der Waals surface area contributed by atoms with Crippen LogP contribution in [0.5, 0.6) is 11.6 Å². The first-order valence-corrected chi connectivity index (χ1v) is 11.7. The van der Waals surface area contributed by atoms with E-state index in [2.05, 4.69) is 47.4 Å². The minimum Gasteiger partial charge on any atom is -0.485 e. The summed E-state index contributed by atoms with van der Waals surface area (Å²) in [6, 6.07) is 18.7. The smallest absolute Gasteiger partial charge is 0.306 e. The molecule has 1 aliphatic carbocycles. The first kappa shape index (κ1) is 21.5. The number of rotatable bonds is 7. The SMILES string of the molecule is COc1cc(-c2ccc(C3CCc4ccc([C@H](C5CC5)[C@H](C)C(=O)O)cc4O3)cc2)ccn1. The van der Waals surface area contributed by atoms with Crippen LogP contribution in [-0.4, -0.2) is 23.2 Å². The predicted molar refractivity (Wildman–Crippen MR) is 127 cm³/mol. The van der Waals surface area contributed by atoms with Crippen LogP contribution in [0, 0.1) is 11.8 Å². The number of carbonyl (C=O) groups is 1. The molecule has 5 nitrogen and oxygen atoms in total. The maximum absolute atomic E-state index is 11.7. The Hall–Kier alpha value is -3.34. The minimum absolute atomic E-state index is 0.00921. The van der Waals surface area contributed by atoms with Crippen molar-refractivity contribution >= 4 is 5.97 Å². The van der Waals surface area contributed by atoms with E-state index in [0.717, 1.165) is 53.7 Å². The van der Waals surface area contributed by atoms with Crippen molar-refractivity contribution in [2.45, 2.75) is 44.6 Å². The van der Waals surface area contributed by atoms with Gasteiger partial charge in [-0.2, -0.15) is 0 Å². The summed E-state index contributed by atoms with van der Waals surface area (Å²) >= 11 is 0. The molecule has 2 aromatic carbocycles. The average molecular weight is 444 g/mol. The monoisotopic (exact) mass is 443 g/mol. The van der Waals surface area contributed by atoms with Crippen LogP contribution in [0.2, 0.25) is 0 Å². The molecule has 0 amide bonds. The molecule has 3 atom stereocenters. The van der Waals surface area contributed by atoms with E-state index in [9.17, 15) is 9.90 Å². The summed E-state index contributed by atoms with van der Waals surface area (Å²) in [6.07, 6.45) is 5.83. The molecule has 2 heterocycles. The number of aryl methyl sites for hydroxylation is 1. The van der Waals surface area contributed by atoms with Gasteiger partial charge in [0.15, 0.2) is 0 Å². The van der Waals surface area contributed by atoms with E-state index in [1.54, 1.807) is 13.3 Å². The molecule has 1 unspecified atom stereocenters. The fraction of sp³-hybridized carbons (Fsp3) is 0.357. The number of aliphatic carboxylic acids is 1. The fourth-order valence-electron chi connectivity index (χ4n) is 5.00. The quantitative estimate of drug-likeness (QED) is 0.482. The number of benzene rings is 2. The lowest BCUT2D eigenvalue weighted by atomic mass is 9.82. The van der Waals surface area contributed by atoms with E-state index >= 15 is 0 Å². The number of carboxylic acid groups (broad SMARTS) is 1. The minimum atomic E-state index is -0.727. The van der Waals surface area contributed by atoms with Gasteiger partial charge in [-0.05, 0) is 77.5 Å². The lowest BCUT2D eigenvalue weighted by Crippen LogP contribution is -2.21. The molecule has 0 saturated heterocycles. The zero-order valence-electron chi connectivity index (χ0n) is 19.0. The van der Waals surface area contributed by atoms with Gasteiger partial charge in [0.05, 0.1) is 13.0 Å². The summed E-state index contributed by atoms with van der Waals surface area (Å²) in [7, 11) is 1.62. The van der Waals surface area contributed by atoms with Gasteiger partial charge < -0.3 is 14.6 Å². The van der Waals surface area contributed by atoms with Crippen molar-refractivity contribution in [1.82, 2.24) is 4.98 Å². The maximum atomic E-state index is 11.7. The van der Waals surface area contributed by atoms with Crippen LogP contribution < -0.4 is 9.47 Å². The number of pyridine rings is 1. The summed E-state index contributed by atoms with van der Waals surface area (Å²) < 4.78 is 11.7. The second kappa shape index (κ2) is 8.89. The van der Waals surface area contributed by atoms with E-state index in [-0.39, 0.29) is 12.0 Å². The van der Waals surface area contributed by atoms with Gasteiger partial charge in [0.1, 0.15) is 11.9 Å². The van der Waals surface area contributed by atoms with Crippen molar-refractivity contribution in [3.8, 4) is 22.8 Å². The number of methoxy groups -OCH3 is 1. The Morgan fingerprint density at radius 3 is 2.55 bits per heavy atom. The van der Waals surface area contributed by atoms with Gasteiger partial charge in [-0.25, -0.2) is 4.98 Å². The van der Waals surface area contributed by atoms with E-state index < -0.39 is 11.9 Å². The van der Waals surface area contributed by atoms with E-state index in [0.29, 0.717) is 11.8 Å². The molecule has 1 fully saturated rings. The summed E-state index contributed by atoms with van der Waals surface area (Å²) in [4.78, 5) is 15.9. The van der Waals surface area contributed by atoms with E-state index in [1.165, 1.54) is 5.56 Å². The third kappa shape index (κ3) is 4.45. The highest BCUT2D eigenvalue weighted by molar-refractivity contribution is 5.71. The Kier molecular flexibility index (Phi) is 5.79. The molecule has 170 valence electrons. The normalized spacial score (nSPS) is 19.2. The standard InChI is InChI=1S/C28H29NO4/c1-17(28(30)31)27(21-8-9-21)23-10-7-20-11-12-24(33-25(20)15-23)19-5-3-18(4-6-19)22-13-14-29-26(16-22)32-2/h3-7,10,13-17,21,24,27H,8-9,11-12H2,1-2H3,(H,30,31)/t17-,24?,27-/m0/s1. The zero-order chi connectivity index (χ0) is 22.9. The first-order chi connectivity index (χ1) is 16.0. The number of carboxylic acids is 1. The van der Waals surface area contributed by atoms with Crippen molar-refractivity contribution in [3.63, 3.8) is 0 Å². The largest absolute Gasteiger partial charge is 0.485 e. The fourth-order valence-corrected chi connectivity index (χ4v) is 5.00. The van der Waals surface area contributed by atoms with Crippen molar-refractivity contribution in [3.05, 3.63) is 77.5 Å². The molecule has 1 aromatic heterocycles. The van der Waals surface area contributed by atoms with Gasteiger partial charge in [0.2, 0.25) is 5.88 Å². The molecule has 2 aliphatic rings. The van der Waals surface area contributed by atoms with Crippen LogP contribution in [0.1, 0.15) is 54.9 Å². The number of nitrogens with zero attached hydrogens (tertiary/aromatic N) is 1. The van der Waals surface area contributed by atoms with Crippen molar-refractivity contribution < 1.29 is 19.4 Å². The van der Waals surface area contributed by atoms with Crippen molar-refractivity contribution in [2.75, 3.05) is 7.11 Å². The summed E-state index contributed by atoms with van der Waals surface area (Å²) in [6.45, 7) is 1.83. The predicted octanol–water partition coefficient (Wildman–Crippen LogP) is 6.04. The van der Waals surface area contributed by atoms with Gasteiger partial charge in [-0.1, -0.05) is 43.3 Å². The van der Waals surface area contributed by atoms with Crippen molar-refractivity contribution in [2.24, 2.45) is 11.8 Å². The number of hydrogen-bond acceptors (Lipinski definition) is 4. The summed E-state index contributed by atoms with van der Waals surface area (Å²) in [5.41, 5.74) is 5.61. The molecule has 3 aromatic rings. The molecule has 1 aliphatic heterocycles. The number of fused-ring (bicyclic) bond motifs is 1. The number of hydrogen-bond donors (Lipinski definition) is 1. The second-order valence-electron chi connectivity index (χ2n) is 9.21. The van der Waals surface area contributed by atoms with E-state index in [1.807, 2.05) is 19.1 Å².